The second-order valence-corrected chi connectivity index (χ2v) is 7.11. The van der Waals surface area contributed by atoms with Gasteiger partial charge in [0.05, 0.1) is 6.61 Å². The van der Waals surface area contributed by atoms with Crippen LogP contribution in [0.3, 0.4) is 0 Å². The minimum absolute atomic E-state index is 0.0744. The molecule has 140 valence electrons. The smallest absolute Gasteiger partial charge is 0.224 e. The molecule has 0 aliphatic carbocycles. The number of Topliss-reactive ketones (excluding diaryl/α,β-unsaturated/α-hetero) is 1. The number of carbonyl (C=O) groups excluding carboxylic acids is 2. The largest absolute Gasteiger partial charge is 0.384 e. The number of aliphatic hydroxyl groups is 1. The highest BCUT2D eigenvalue weighted by molar-refractivity contribution is 5.76. The molecular formula is C19H35NO4. The highest BCUT2D eigenvalue weighted by Gasteiger charge is 2.33. The molecule has 0 aromatic carbocycles. The molecule has 2 unspecified atom stereocenters. The lowest BCUT2D eigenvalue weighted by molar-refractivity contribution is -0.138. The van der Waals surface area contributed by atoms with Gasteiger partial charge in [0.1, 0.15) is 12.0 Å². The molecule has 0 bridgehead atoms. The third kappa shape index (κ3) is 8.78. The van der Waals surface area contributed by atoms with Crippen LogP contribution in [-0.2, 0) is 14.3 Å². The van der Waals surface area contributed by atoms with E-state index in [9.17, 15) is 14.7 Å². The molecule has 1 rings (SSSR count). The van der Waals surface area contributed by atoms with Crippen LogP contribution in [0, 0.1) is 5.92 Å². The summed E-state index contributed by atoms with van der Waals surface area (Å²) in [6, 6.07) is 0. The average Bonchev–Trinajstić information content (AvgIpc) is 2.89. The van der Waals surface area contributed by atoms with Crippen molar-refractivity contribution in [3.05, 3.63) is 0 Å². The van der Waals surface area contributed by atoms with Gasteiger partial charge in [0.2, 0.25) is 5.91 Å². The van der Waals surface area contributed by atoms with Crippen LogP contribution >= 0.6 is 0 Å². The van der Waals surface area contributed by atoms with E-state index >= 15 is 0 Å². The fourth-order valence-electron chi connectivity index (χ4n) is 3.38. The van der Waals surface area contributed by atoms with Crippen molar-refractivity contribution in [2.24, 2.45) is 5.92 Å². The molecule has 1 aliphatic heterocycles. The van der Waals surface area contributed by atoms with E-state index in [0.717, 1.165) is 38.5 Å². The minimum Gasteiger partial charge on any atom is -0.384 e. The van der Waals surface area contributed by atoms with E-state index in [2.05, 4.69) is 0 Å². The summed E-state index contributed by atoms with van der Waals surface area (Å²) >= 11 is 0. The van der Waals surface area contributed by atoms with Crippen molar-refractivity contribution in [2.75, 3.05) is 20.3 Å². The van der Waals surface area contributed by atoms with E-state index in [-0.39, 0.29) is 17.6 Å². The summed E-state index contributed by atoms with van der Waals surface area (Å²) in [6.07, 6.45) is 10.2. The molecule has 5 heteroatoms. The van der Waals surface area contributed by atoms with Crippen LogP contribution < -0.4 is 0 Å². The maximum Gasteiger partial charge on any atom is 0.224 e. The zero-order valence-corrected chi connectivity index (χ0v) is 15.5. The zero-order chi connectivity index (χ0) is 17.8. The van der Waals surface area contributed by atoms with Crippen molar-refractivity contribution in [1.82, 2.24) is 4.90 Å². The van der Waals surface area contributed by atoms with Gasteiger partial charge in [-0.05, 0) is 26.2 Å². The van der Waals surface area contributed by atoms with Gasteiger partial charge in [-0.1, -0.05) is 38.5 Å². The number of aliphatic hydroxyl groups excluding tert-OH is 1. The number of unbranched alkanes of at least 4 members (excludes halogenated alkanes) is 7. The maximum atomic E-state index is 12.2. The summed E-state index contributed by atoms with van der Waals surface area (Å²) in [5, 5.41) is 9.96. The van der Waals surface area contributed by atoms with Gasteiger partial charge in [0.15, 0.2) is 0 Å². The van der Waals surface area contributed by atoms with Crippen LogP contribution in [0.2, 0.25) is 0 Å². The Morgan fingerprint density at radius 1 is 1.00 bits per heavy atom. The van der Waals surface area contributed by atoms with Gasteiger partial charge in [-0.25, -0.2) is 0 Å². The van der Waals surface area contributed by atoms with Crippen LogP contribution in [0.4, 0.5) is 0 Å². The Balaban J connectivity index is 1.97. The van der Waals surface area contributed by atoms with Gasteiger partial charge < -0.3 is 19.5 Å². The Kier molecular flexibility index (Phi) is 10.9. The van der Waals surface area contributed by atoms with Crippen LogP contribution in [-0.4, -0.2) is 48.2 Å². The number of hydrogen-bond donors (Lipinski definition) is 1. The van der Waals surface area contributed by atoms with E-state index in [1.807, 2.05) is 0 Å². The number of nitrogens with zero attached hydrogens (tertiary/aromatic N) is 1. The van der Waals surface area contributed by atoms with Gasteiger partial charge in [-0.2, -0.15) is 0 Å². The van der Waals surface area contributed by atoms with E-state index in [1.165, 1.54) is 19.3 Å². The Labute approximate surface area is 146 Å². The molecule has 0 spiro atoms. The Bertz CT molecular complexity index is 372. The quantitative estimate of drug-likeness (QED) is 0.522. The normalized spacial score (nSPS) is 20.5. The molecule has 1 amide bonds. The predicted molar refractivity (Wildman–Crippen MR) is 94.6 cm³/mol. The molecule has 0 aromatic heterocycles. The first kappa shape index (κ1) is 21.1. The van der Waals surface area contributed by atoms with Crippen molar-refractivity contribution in [3.8, 4) is 0 Å². The highest BCUT2D eigenvalue weighted by Crippen LogP contribution is 2.23. The molecule has 5 nitrogen and oxygen atoms in total. The van der Waals surface area contributed by atoms with E-state index in [1.54, 1.807) is 18.9 Å². The maximum absolute atomic E-state index is 12.2. The molecule has 1 saturated heterocycles. The summed E-state index contributed by atoms with van der Waals surface area (Å²) in [7, 11) is 1.65. The lowest BCUT2D eigenvalue weighted by atomic mass is 10.1. The number of methoxy groups -OCH3 is 1. The van der Waals surface area contributed by atoms with Crippen LogP contribution in [0.25, 0.3) is 0 Å². The molecule has 0 saturated carbocycles. The van der Waals surface area contributed by atoms with Crippen LogP contribution in [0.15, 0.2) is 0 Å². The molecule has 2 atom stereocenters. The second-order valence-electron chi connectivity index (χ2n) is 7.11. The molecule has 0 radical (unpaired) electrons. The number of ketones is 1. The lowest BCUT2D eigenvalue weighted by Gasteiger charge is -2.20. The second kappa shape index (κ2) is 12.4. The summed E-state index contributed by atoms with van der Waals surface area (Å²) in [4.78, 5) is 24.6. The first-order valence-electron chi connectivity index (χ1n) is 9.50. The molecule has 0 aromatic rings. The van der Waals surface area contributed by atoms with E-state index in [0.29, 0.717) is 26.0 Å². The first-order chi connectivity index (χ1) is 11.5. The monoisotopic (exact) mass is 341 g/mol. The number of likely N-dealkylation sites (tertiary alicyclic amines) is 1. The molecule has 24 heavy (non-hydrogen) atoms. The Morgan fingerprint density at radius 2 is 1.54 bits per heavy atom. The van der Waals surface area contributed by atoms with Gasteiger partial charge >= 0.3 is 0 Å². The Morgan fingerprint density at radius 3 is 2.08 bits per heavy atom. The Hall–Kier alpha value is -0.940. The van der Waals surface area contributed by atoms with Gasteiger partial charge in [0.25, 0.3) is 0 Å². The number of hydrogen-bond acceptors (Lipinski definition) is 4. The van der Waals surface area contributed by atoms with Gasteiger partial charge in [0, 0.05) is 32.4 Å². The summed E-state index contributed by atoms with van der Waals surface area (Å²) in [6.45, 7) is 2.88. The molecule has 1 N–H and O–H groups in total. The highest BCUT2D eigenvalue weighted by atomic mass is 16.5. The summed E-state index contributed by atoms with van der Waals surface area (Å²) in [5.41, 5.74) is 0. The van der Waals surface area contributed by atoms with E-state index < -0.39 is 6.23 Å². The average molecular weight is 341 g/mol. The number of amides is 1. The number of ether oxygens (including phenoxy) is 1. The SMILES string of the molecule is COCC1CC(O)N(C(=O)CCCCCCCCCCC(C)=O)C1. The fourth-order valence-corrected chi connectivity index (χ4v) is 3.38. The van der Waals surface area contributed by atoms with E-state index in [4.69, 9.17) is 4.74 Å². The third-order valence-corrected chi connectivity index (χ3v) is 4.75. The predicted octanol–water partition coefficient (Wildman–Crippen LogP) is 3.29. The van der Waals surface area contributed by atoms with Crippen molar-refractivity contribution < 1.29 is 19.4 Å². The zero-order valence-electron chi connectivity index (χ0n) is 15.5. The van der Waals surface area contributed by atoms with Crippen molar-refractivity contribution in [2.45, 2.75) is 83.8 Å². The topological polar surface area (TPSA) is 66.8 Å². The number of rotatable bonds is 13. The third-order valence-electron chi connectivity index (χ3n) is 4.75. The molecule has 1 aliphatic rings. The summed E-state index contributed by atoms with van der Waals surface area (Å²) in [5.74, 6) is 0.624. The van der Waals surface area contributed by atoms with Crippen molar-refractivity contribution in [1.29, 1.82) is 0 Å². The van der Waals surface area contributed by atoms with Gasteiger partial charge in [-0.15, -0.1) is 0 Å². The number of carbonyl (C=O) groups is 2. The standard InChI is InChI=1S/C19H35NO4/c1-16(21)11-9-7-5-3-4-6-8-10-12-18(22)20-14-17(15-24-2)13-19(20)23/h17,19,23H,3-15H2,1-2H3. The molecule has 1 heterocycles. The van der Waals surface area contributed by atoms with Crippen molar-refractivity contribution in [3.63, 3.8) is 0 Å². The molecular weight excluding hydrogens is 306 g/mol. The lowest BCUT2D eigenvalue weighted by Crippen LogP contribution is -2.35. The summed E-state index contributed by atoms with van der Waals surface area (Å²) < 4.78 is 5.11. The molecule has 1 fully saturated rings. The van der Waals surface area contributed by atoms with Crippen LogP contribution in [0.1, 0.15) is 77.6 Å². The van der Waals surface area contributed by atoms with Crippen molar-refractivity contribution >= 4 is 11.7 Å². The first-order valence-corrected chi connectivity index (χ1v) is 9.50. The van der Waals surface area contributed by atoms with Gasteiger partial charge in [-0.3, -0.25) is 4.79 Å². The minimum atomic E-state index is -0.632. The van der Waals surface area contributed by atoms with Crippen LogP contribution in [0.5, 0.6) is 0 Å². The fraction of sp³-hybridized carbons (Fsp3) is 0.895.